The third-order valence-electron chi connectivity index (χ3n) is 4.79. The van der Waals surface area contributed by atoms with Gasteiger partial charge in [-0.2, -0.15) is 0 Å². The molecule has 146 valence electrons. The van der Waals surface area contributed by atoms with Crippen molar-refractivity contribution in [3.05, 3.63) is 18.2 Å². The number of rotatable bonds is 12. The molecule has 0 aliphatic carbocycles. The van der Waals surface area contributed by atoms with E-state index in [-0.39, 0.29) is 23.7 Å². The van der Waals surface area contributed by atoms with Gasteiger partial charge >= 0.3 is 0 Å². The van der Waals surface area contributed by atoms with Crippen molar-refractivity contribution in [2.75, 3.05) is 10.6 Å². The summed E-state index contributed by atoms with van der Waals surface area (Å²) in [6, 6.07) is 5.32. The Morgan fingerprint density at radius 3 is 1.62 bits per heavy atom. The van der Waals surface area contributed by atoms with Crippen molar-refractivity contribution in [3.63, 3.8) is 0 Å². The third kappa shape index (κ3) is 7.54. The van der Waals surface area contributed by atoms with Crippen molar-refractivity contribution in [1.29, 1.82) is 0 Å². The summed E-state index contributed by atoms with van der Waals surface area (Å²) in [5.74, 6) is 1.01. The van der Waals surface area contributed by atoms with Crippen LogP contribution >= 0.6 is 0 Å². The van der Waals surface area contributed by atoms with Crippen LogP contribution in [0.2, 0.25) is 0 Å². The standard InChI is InChI=1S/C21H35N3O2/c1-5-9-12-16(7-3)20(25)23-18-14-11-15-19(22-18)24-21(26)17(8-4)13-10-6-2/h11,14-17H,5-10,12-13H2,1-4H3,(H2,22,23,24,25,26)/t16-,17-/m1/s1. The molecule has 26 heavy (non-hydrogen) atoms. The molecule has 0 fully saturated rings. The molecule has 0 saturated carbocycles. The van der Waals surface area contributed by atoms with E-state index in [4.69, 9.17) is 0 Å². The second kappa shape index (κ2) is 12.4. The van der Waals surface area contributed by atoms with Crippen LogP contribution in [0.1, 0.15) is 79.1 Å². The minimum atomic E-state index is 0.00584. The fourth-order valence-electron chi connectivity index (χ4n) is 2.97. The lowest BCUT2D eigenvalue weighted by Gasteiger charge is -2.16. The predicted molar refractivity (Wildman–Crippen MR) is 108 cm³/mol. The van der Waals surface area contributed by atoms with E-state index in [0.717, 1.165) is 51.4 Å². The first kappa shape index (κ1) is 22.1. The Labute approximate surface area is 158 Å². The lowest BCUT2D eigenvalue weighted by molar-refractivity contribution is -0.120. The van der Waals surface area contributed by atoms with Crippen LogP contribution in [0.5, 0.6) is 0 Å². The van der Waals surface area contributed by atoms with Gasteiger partial charge in [0.1, 0.15) is 11.6 Å². The number of pyridine rings is 1. The van der Waals surface area contributed by atoms with E-state index in [2.05, 4.69) is 29.5 Å². The Bertz CT molecular complexity index is 515. The minimum absolute atomic E-state index is 0.00584. The van der Waals surface area contributed by atoms with E-state index in [1.54, 1.807) is 18.2 Å². The van der Waals surface area contributed by atoms with Gasteiger partial charge in [0.2, 0.25) is 11.8 Å². The summed E-state index contributed by atoms with van der Waals surface area (Å²) in [6.07, 6.45) is 7.68. The minimum Gasteiger partial charge on any atom is -0.310 e. The number of aromatic nitrogens is 1. The number of anilines is 2. The Kier molecular flexibility index (Phi) is 10.6. The van der Waals surface area contributed by atoms with E-state index in [1.807, 2.05) is 13.8 Å². The Morgan fingerprint density at radius 1 is 0.846 bits per heavy atom. The average Bonchev–Trinajstić information content (AvgIpc) is 2.63. The molecule has 1 aromatic heterocycles. The number of unbranched alkanes of at least 4 members (excludes halogenated alkanes) is 2. The maximum absolute atomic E-state index is 12.4. The van der Waals surface area contributed by atoms with Gasteiger partial charge in [-0.15, -0.1) is 0 Å². The molecule has 2 atom stereocenters. The molecule has 0 unspecified atom stereocenters. The second-order valence-corrected chi connectivity index (χ2v) is 6.88. The topological polar surface area (TPSA) is 71.1 Å². The van der Waals surface area contributed by atoms with Crippen molar-refractivity contribution < 1.29 is 9.59 Å². The molecule has 5 heteroatoms. The molecule has 1 aromatic rings. The van der Waals surface area contributed by atoms with Crippen LogP contribution in [0.3, 0.4) is 0 Å². The molecule has 1 heterocycles. The maximum atomic E-state index is 12.4. The van der Waals surface area contributed by atoms with Crippen LogP contribution in [0.25, 0.3) is 0 Å². The second-order valence-electron chi connectivity index (χ2n) is 6.88. The van der Waals surface area contributed by atoms with Gasteiger partial charge in [-0.3, -0.25) is 9.59 Å². The molecule has 0 bridgehead atoms. The van der Waals surface area contributed by atoms with E-state index < -0.39 is 0 Å². The number of amides is 2. The number of hydrogen-bond acceptors (Lipinski definition) is 3. The lowest BCUT2D eigenvalue weighted by atomic mass is 9.98. The fourth-order valence-corrected chi connectivity index (χ4v) is 2.97. The Morgan fingerprint density at radius 2 is 1.27 bits per heavy atom. The van der Waals surface area contributed by atoms with Gasteiger partial charge in [0.05, 0.1) is 0 Å². The maximum Gasteiger partial charge on any atom is 0.228 e. The van der Waals surface area contributed by atoms with Crippen LogP contribution in [0.15, 0.2) is 18.2 Å². The number of nitrogens with zero attached hydrogens (tertiary/aromatic N) is 1. The molecule has 1 rings (SSSR count). The van der Waals surface area contributed by atoms with Crippen LogP contribution in [-0.2, 0) is 9.59 Å². The highest BCUT2D eigenvalue weighted by Gasteiger charge is 2.18. The van der Waals surface area contributed by atoms with Crippen molar-refractivity contribution in [3.8, 4) is 0 Å². The van der Waals surface area contributed by atoms with Gasteiger partial charge < -0.3 is 10.6 Å². The van der Waals surface area contributed by atoms with Crippen LogP contribution in [0.4, 0.5) is 11.6 Å². The molecule has 0 aromatic carbocycles. The smallest absolute Gasteiger partial charge is 0.228 e. The van der Waals surface area contributed by atoms with Crippen LogP contribution in [0, 0.1) is 11.8 Å². The number of nitrogens with one attached hydrogen (secondary N) is 2. The molecule has 5 nitrogen and oxygen atoms in total. The molecule has 0 aliphatic heterocycles. The van der Waals surface area contributed by atoms with Crippen molar-refractivity contribution in [2.24, 2.45) is 11.8 Å². The molecule has 2 amide bonds. The van der Waals surface area contributed by atoms with Gasteiger partial charge in [0.15, 0.2) is 0 Å². The Balaban J connectivity index is 2.69. The number of carbonyl (C=O) groups is 2. The third-order valence-corrected chi connectivity index (χ3v) is 4.79. The van der Waals surface area contributed by atoms with Crippen LogP contribution < -0.4 is 10.6 Å². The zero-order chi connectivity index (χ0) is 19.4. The molecular formula is C21H35N3O2. The van der Waals surface area contributed by atoms with Crippen molar-refractivity contribution in [1.82, 2.24) is 4.98 Å². The monoisotopic (exact) mass is 361 g/mol. The highest BCUT2D eigenvalue weighted by atomic mass is 16.2. The summed E-state index contributed by atoms with van der Waals surface area (Å²) in [6.45, 7) is 8.32. The van der Waals surface area contributed by atoms with Crippen LogP contribution in [-0.4, -0.2) is 16.8 Å². The molecule has 2 N–H and O–H groups in total. The van der Waals surface area contributed by atoms with E-state index >= 15 is 0 Å². The van der Waals surface area contributed by atoms with Gasteiger partial charge in [0.25, 0.3) is 0 Å². The normalized spacial score (nSPS) is 13.1. The molecule has 0 spiro atoms. The van der Waals surface area contributed by atoms with Crippen molar-refractivity contribution in [2.45, 2.75) is 79.1 Å². The molecule has 0 aliphatic rings. The predicted octanol–water partition coefficient (Wildman–Crippen LogP) is 5.39. The first-order valence-electron chi connectivity index (χ1n) is 10.1. The van der Waals surface area contributed by atoms with E-state index in [0.29, 0.717) is 11.6 Å². The quantitative estimate of drug-likeness (QED) is 0.524. The summed E-state index contributed by atoms with van der Waals surface area (Å²) < 4.78 is 0. The highest BCUT2D eigenvalue weighted by Crippen LogP contribution is 2.18. The Hall–Kier alpha value is -1.91. The van der Waals surface area contributed by atoms with Gasteiger partial charge in [-0.25, -0.2) is 4.98 Å². The fraction of sp³-hybridized carbons (Fsp3) is 0.667. The van der Waals surface area contributed by atoms with Gasteiger partial charge in [0, 0.05) is 11.8 Å². The summed E-state index contributed by atoms with van der Waals surface area (Å²) in [5, 5.41) is 5.78. The molecule has 0 radical (unpaired) electrons. The summed E-state index contributed by atoms with van der Waals surface area (Å²) in [4.78, 5) is 29.2. The van der Waals surface area contributed by atoms with E-state index in [1.165, 1.54) is 0 Å². The largest absolute Gasteiger partial charge is 0.310 e. The number of hydrogen-bond donors (Lipinski definition) is 2. The lowest BCUT2D eigenvalue weighted by Crippen LogP contribution is -2.24. The van der Waals surface area contributed by atoms with Gasteiger partial charge in [-0.05, 0) is 37.8 Å². The van der Waals surface area contributed by atoms with Gasteiger partial charge in [-0.1, -0.05) is 59.4 Å². The zero-order valence-corrected chi connectivity index (χ0v) is 16.8. The van der Waals surface area contributed by atoms with E-state index in [9.17, 15) is 9.59 Å². The SMILES string of the molecule is CCCC[C@@H](CC)C(=O)Nc1cccc(NC(=O)[C@H](CC)CCCC)n1. The molecule has 0 saturated heterocycles. The summed E-state index contributed by atoms with van der Waals surface area (Å²) in [5.41, 5.74) is 0. The molecular weight excluding hydrogens is 326 g/mol. The highest BCUT2D eigenvalue weighted by molar-refractivity contribution is 5.93. The summed E-state index contributed by atoms with van der Waals surface area (Å²) >= 11 is 0. The number of carbonyl (C=O) groups excluding carboxylic acids is 2. The first-order chi connectivity index (χ1) is 12.5. The summed E-state index contributed by atoms with van der Waals surface area (Å²) in [7, 11) is 0. The first-order valence-corrected chi connectivity index (χ1v) is 10.1. The van der Waals surface area contributed by atoms with Crippen molar-refractivity contribution >= 4 is 23.5 Å². The average molecular weight is 362 g/mol. The zero-order valence-electron chi connectivity index (χ0n) is 16.8.